The Bertz CT molecular complexity index is 668. The highest BCUT2D eigenvalue weighted by Gasteiger charge is 2.60. The van der Waals surface area contributed by atoms with Crippen molar-refractivity contribution in [2.24, 2.45) is 46.3 Å². The molecule has 0 heterocycles. The molecule has 0 saturated heterocycles. The first-order valence-corrected chi connectivity index (χ1v) is 12.8. The molecule has 0 aromatic heterocycles. The SMILES string of the molecule is CC(CCC(=O)NCOC=O)[C@H]1CCC2C3CC[C@@H]4C[C@H](O)CC[C@]4(C)C3CC[C@@]21C. The minimum absolute atomic E-state index is 0.0251. The number of carbonyl (C=O) groups is 2. The number of ether oxygens (including phenoxy) is 1. The predicted molar refractivity (Wildman–Crippen MR) is 120 cm³/mol. The standard InChI is InChI=1S/C26H43NO4/c1-17(4-9-24(30)27-15-31-16-28)21-7-8-22-20-6-5-18-14-19(29)10-12-25(18,2)23(20)11-13-26(21,22)3/h16-23,29H,4-15H2,1-3H3,(H,27,30)/t17?,18-,19-,20?,21-,22?,23?,25+,26-/m1/s1. The zero-order valence-corrected chi connectivity index (χ0v) is 19.8. The molecule has 4 fully saturated rings. The van der Waals surface area contributed by atoms with Crippen LogP contribution in [-0.2, 0) is 14.3 Å². The lowest BCUT2D eigenvalue weighted by Gasteiger charge is -2.61. The average Bonchev–Trinajstić information content (AvgIpc) is 3.10. The van der Waals surface area contributed by atoms with Crippen molar-refractivity contribution in [2.75, 3.05) is 6.73 Å². The second-order valence-electron chi connectivity index (χ2n) is 11.8. The Balaban J connectivity index is 1.39. The Morgan fingerprint density at radius 1 is 1.10 bits per heavy atom. The molecule has 0 aliphatic heterocycles. The van der Waals surface area contributed by atoms with Crippen LogP contribution < -0.4 is 5.32 Å². The molecule has 4 unspecified atom stereocenters. The Morgan fingerprint density at radius 3 is 2.61 bits per heavy atom. The van der Waals surface area contributed by atoms with E-state index in [1.807, 2.05) is 0 Å². The van der Waals surface area contributed by atoms with E-state index in [9.17, 15) is 14.7 Å². The van der Waals surface area contributed by atoms with E-state index >= 15 is 0 Å². The summed E-state index contributed by atoms with van der Waals surface area (Å²) in [6, 6.07) is 0. The zero-order chi connectivity index (χ0) is 22.2. The number of nitrogens with one attached hydrogen (secondary N) is 1. The molecule has 0 spiro atoms. The number of amides is 1. The first-order valence-electron chi connectivity index (χ1n) is 12.8. The number of aliphatic hydroxyl groups excluding tert-OH is 1. The summed E-state index contributed by atoms with van der Waals surface area (Å²) in [5, 5.41) is 12.9. The van der Waals surface area contributed by atoms with Crippen LogP contribution in [0.25, 0.3) is 0 Å². The van der Waals surface area contributed by atoms with Gasteiger partial charge in [0, 0.05) is 6.42 Å². The van der Waals surface area contributed by atoms with Crippen LogP contribution in [0.5, 0.6) is 0 Å². The van der Waals surface area contributed by atoms with Gasteiger partial charge in [-0.15, -0.1) is 0 Å². The highest BCUT2D eigenvalue weighted by Crippen LogP contribution is 2.68. The molecule has 0 radical (unpaired) electrons. The Kier molecular flexibility index (Phi) is 6.72. The summed E-state index contributed by atoms with van der Waals surface area (Å²) < 4.78 is 4.57. The van der Waals surface area contributed by atoms with Gasteiger partial charge in [-0.05, 0) is 111 Å². The van der Waals surface area contributed by atoms with Gasteiger partial charge in [0.1, 0.15) is 0 Å². The number of carbonyl (C=O) groups excluding carboxylic acids is 2. The molecular formula is C26H43NO4. The third-order valence-corrected chi connectivity index (χ3v) is 10.6. The van der Waals surface area contributed by atoms with E-state index in [1.165, 1.54) is 44.9 Å². The maximum atomic E-state index is 12.1. The number of hydrogen-bond acceptors (Lipinski definition) is 4. The molecule has 0 aromatic rings. The van der Waals surface area contributed by atoms with Gasteiger partial charge in [0.25, 0.3) is 6.47 Å². The van der Waals surface area contributed by atoms with Crippen LogP contribution in [0.4, 0.5) is 0 Å². The fraction of sp³-hybridized carbons (Fsp3) is 0.923. The third kappa shape index (κ3) is 4.16. The van der Waals surface area contributed by atoms with Crippen molar-refractivity contribution in [3.05, 3.63) is 0 Å². The van der Waals surface area contributed by atoms with Crippen LogP contribution in [0.15, 0.2) is 0 Å². The molecule has 5 nitrogen and oxygen atoms in total. The van der Waals surface area contributed by atoms with E-state index in [0.29, 0.717) is 35.6 Å². The molecule has 9 atom stereocenters. The molecular weight excluding hydrogens is 390 g/mol. The summed E-state index contributed by atoms with van der Waals surface area (Å²) >= 11 is 0. The molecule has 4 aliphatic rings. The molecule has 4 aliphatic carbocycles. The lowest BCUT2D eigenvalue weighted by molar-refractivity contribution is -0.132. The van der Waals surface area contributed by atoms with Gasteiger partial charge in [0.05, 0.1) is 6.10 Å². The summed E-state index contributed by atoms with van der Waals surface area (Å²) in [6.45, 7) is 7.81. The van der Waals surface area contributed by atoms with Crippen LogP contribution in [0, 0.1) is 46.3 Å². The van der Waals surface area contributed by atoms with E-state index in [1.54, 1.807) is 0 Å². The van der Waals surface area contributed by atoms with E-state index in [4.69, 9.17) is 0 Å². The molecule has 31 heavy (non-hydrogen) atoms. The van der Waals surface area contributed by atoms with Crippen LogP contribution >= 0.6 is 0 Å². The number of rotatable bonds is 7. The topological polar surface area (TPSA) is 75.6 Å². The Labute approximate surface area is 188 Å². The van der Waals surface area contributed by atoms with Crippen molar-refractivity contribution in [3.8, 4) is 0 Å². The Hall–Kier alpha value is -1.10. The first kappa shape index (κ1) is 23.1. The van der Waals surface area contributed by atoms with Crippen LogP contribution in [0.3, 0.4) is 0 Å². The molecule has 0 aromatic carbocycles. The molecule has 4 rings (SSSR count). The number of fused-ring (bicyclic) bond motifs is 5. The van der Waals surface area contributed by atoms with Gasteiger partial charge in [-0.2, -0.15) is 0 Å². The minimum Gasteiger partial charge on any atom is -0.447 e. The van der Waals surface area contributed by atoms with Crippen LogP contribution in [0.2, 0.25) is 0 Å². The van der Waals surface area contributed by atoms with Crippen molar-refractivity contribution in [3.63, 3.8) is 0 Å². The van der Waals surface area contributed by atoms with Crippen molar-refractivity contribution in [1.82, 2.24) is 5.32 Å². The quantitative estimate of drug-likeness (QED) is 0.348. The third-order valence-electron chi connectivity index (χ3n) is 10.6. The van der Waals surface area contributed by atoms with Crippen LogP contribution in [-0.4, -0.2) is 30.3 Å². The lowest BCUT2D eigenvalue weighted by atomic mass is 9.44. The van der Waals surface area contributed by atoms with Crippen molar-refractivity contribution in [1.29, 1.82) is 0 Å². The maximum absolute atomic E-state index is 12.1. The van der Waals surface area contributed by atoms with Gasteiger partial charge in [-0.25, -0.2) is 0 Å². The smallest absolute Gasteiger partial charge is 0.294 e. The number of aliphatic hydroxyl groups is 1. The summed E-state index contributed by atoms with van der Waals surface area (Å²) in [4.78, 5) is 22.3. The van der Waals surface area contributed by atoms with E-state index in [2.05, 4.69) is 30.8 Å². The molecule has 2 N–H and O–H groups in total. The predicted octanol–water partition coefficient (Wildman–Crippen LogP) is 4.67. The van der Waals surface area contributed by atoms with Gasteiger partial charge < -0.3 is 15.2 Å². The lowest BCUT2D eigenvalue weighted by Crippen LogP contribution is -2.54. The molecule has 5 heteroatoms. The van der Waals surface area contributed by atoms with Crippen LogP contribution in [0.1, 0.15) is 91.4 Å². The van der Waals surface area contributed by atoms with Crippen molar-refractivity contribution >= 4 is 12.4 Å². The van der Waals surface area contributed by atoms with E-state index in [-0.39, 0.29) is 18.7 Å². The van der Waals surface area contributed by atoms with Gasteiger partial charge >= 0.3 is 0 Å². The summed E-state index contributed by atoms with van der Waals surface area (Å²) in [7, 11) is 0. The molecule has 176 valence electrons. The van der Waals surface area contributed by atoms with Gasteiger partial charge in [-0.3, -0.25) is 9.59 Å². The second kappa shape index (κ2) is 9.03. The minimum atomic E-state index is -0.0672. The summed E-state index contributed by atoms with van der Waals surface area (Å²) in [5.41, 5.74) is 0.851. The van der Waals surface area contributed by atoms with Crippen molar-refractivity contribution in [2.45, 2.75) is 97.5 Å². The van der Waals surface area contributed by atoms with Gasteiger partial charge in [0.2, 0.25) is 5.91 Å². The molecule has 4 saturated carbocycles. The molecule has 0 bridgehead atoms. The average molecular weight is 434 g/mol. The second-order valence-corrected chi connectivity index (χ2v) is 11.8. The first-order chi connectivity index (χ1) is 14.8. The van der Waals surface area contributed by atoms with Crippen molar-refractivity contribution < 1.29 is 19.4 Å². The fourth-order valence-electron chi connectivity index (χ4n) is 9.02. The highest BCUT2D eigenvalue weighted by atomic mass is 16.5. The highest BCUT2D eigenvalue weighted by molar-refractivity contribution is 5.75. The summed E-state index contributed by atoms with van der Waals surface area (Å²) in [6.07, 6.45) is 12.6. The number of hydrogen-bond donors (Lipinski definition) is 2. The molecule has 1 amide bonds. The normalized spacial score (nSPS) is 45.0. The largest absolute Gasteiger partial charge is 0.447 e. The maximum Gasteiger partial charge on any atom is 0.294 e. The van der Waals surface area contributed by atoms with Gasteiger partial charge in [-0.1, -0.05) is 20.8 Å². The van der Waals surface area contributed by atoms with Gasteiger partial charge in [0.15, 0.2) is 6.73 Å². The fourth-order valence-corrected chi connectivity index (χ4v) is 9.02. The zero-order valence-electron chi connectivity index (χ0n) is 19.8. The Morgan fingerprint density at radius 2 is 1.84 bits per heavy atom. The van der Waals surface area contributed by atoms with E-state index < -0.39 is 0 Å². The van der Waals surface area contributed by atoms with E-state index in [0.717, 1.165) is 42.9 Å². The monoisotopic (exact) mass is 433 g/mol. The summed E-state index contributed by atoms with van der Waals surface area (Å²) in [5.74, 6) is 4.48.